The molecule has 0 atom stereocenters. The molecule has 0 aliphatic rings. The Hall–Kier alpha value is -3.07. The first kappa shape index (κ1) is 28.5. The van der Waals surface area contributed by atoms with Gasteiger partial charge in [-0.05, 0) is 42.8 Å². The lowest BCUT2D eigenvalue weighted by atomic mass is 9.92. The van der Waals surface area contributed by atoms with Crippen LogP contribution in [0.2, 0.25) is 10.0 Å². The van der Waals surface area contributed by atoms with Crippen LogP contribution >= 0.6 is 23.2 Å². The number of amides is 2. The Balaban J connectivity index is 1.76. The molecule has 37 heavy (non-hydrogen) atoms. The molecule has 3 rings (SSSR count). The number of carbonyl (C=O) groups is 2. The maximum atomic E-state index is 13.1. The van der Waals surface area contributed by atoms with Crippen LogP contribution < -0.4 is 10.1 Å². The number of rotatable bonds is 11. The fourth-order valence-electron chi connectivity index (χ4n) is 3.46. The molecule has 0 bridgehead atoms. The van der Waals surface area contributed by atoms with Crippen molar-refractivity contribution in [2.45, 2.75) is 32.6 Å². The summed E-state index contributed by atoms with van der Waals surface area (Å²) in [5, 5.41) is 8.68. The van der Waals surface area contributed by atoms with Crippen LogP contribution in [0.5, 0.6) is 5.75 Å². The van der Waals surface area contributed by atoms with Gasteiger partial charge in [-0.2, -0.15) is 5.10 Å². The molecule has 2 aromatic carbocycles. The van der Waals surface area contributed by atoms with Crippen molar-refractivity contribution in [3.05, 3.63) is 70.3 Å². The van der Waals surface area contributed by atoms with Crippen LogP contribution in [0, 0.1) is 0 Å². The van der Waals surface area contributed by atoms with E-state index in [1.807, 2.05) is 45.0 Å². The summed E-state index contributed by atoms with van der Waals surface area (Å²) in [5.74, 6) is 0.282. The fraction of sp³-hybridized carbons (Fsp3) is 0.370. The van der Waals surface area contributed by atoms with E-state index in [1.165, 1.54) is 4.90 Å². The summed E-state index contributed by atoms with van der Waals surface area (Å²) < 4.78 is 12.3. The zero-order valence-electron chi connectivity index (χ0n) is 21.5. The second-order valence-electron chi connectivity index (χ2n) is 9.48. The van der Waals surface area contributed by atoms with Crippen LogP contribution in [0.15, 0.2) is 54.6 Å². The minimum Gasteiger partial charge on any atom is -0.484 e. The molecule has 0 spiro atoms. The number of nitrogens with one attached hydrogen (secondary N) is 1. The van der Waals surface area contributed by atoms with Gasteiger partial charge in [0.15, 0.2) is 6.61 Å². The molecule has 1 N–H and O–H groups in total. The molecular weight excluding hydrogens is 515 g/mol. The highest BCUT2D eigenvalue weighted by Crippen LogP contribution is 2.29. The molecule has 0 aliphatic heterocycles. The molecule has 0 saturated carbocycles. The molecule has 0 saturated heterocycles. The lowest BCUT2D eigenvalue weighted by Gasteiger charge is -2.22. The van der Waals surface area contributed by atoms with Gasteiger partial charge in [0.05, 0.1) is 16.4 Å². The molecule has 0 unspecified atom stereocenters. The summed E-state index contributed by atoms with van der Waals surface area (Å²) in [5.41, 5.74) is 1.17. The first-order valence-electron chi connectivity index (χ1n) is 11.9. The Bertz CT molecular complexity index is 1210. The Morgan fingerprint density at radius 3 is 2.43 bits per heavy atom. The number of methoxy groups -OCH3 is 1. The Kier molecular flexibility index (Phi) is 9.97. The summed E-state index contributed by atoms with van der Waals surface area (Å²) in [6.07, 6.45) is 0.572. The zero-order chi connectivity index (χ0) is 27.0. The van der Waals surface area contributed by atoms with Gasteiger partial charge < -0.3 is 19.7 Å². The van der Waals surface area contributed by atoms with Crippen molar-refractivity contribution in [3.63, 3.8) is 0 Å². The summed E-state index contributed by atoms with van der Waals surface area (Å²) in [7, 11) is 1.59. The standard InChI is InChI=1S/C27H32Cl2N4O4/c1-27(2,3)23-16-24(33(31-23)22-9-6-5-8-21(22)29)30-25(34)17-32(14-7-15-36-4)26(35)18-37-20-12-10-19(28)11-13-20/h5-6,8-13,16H,7,14-15,17-18H2,1-4H3,(H,30,34). The summed E-state index contributed by atoms with van der Waals surface area (Å²) in [4.78, 5) is 27.5. The van der Waals surface area contributed by atoms with Gasteiger partial charge in [0.25, 0.3) is 5.91 Å². The molecule has 198 valence electrons. The highest BCUT2D eigenvalue weighted by molar-refractivity contribution is 6.32. The van der Waals surface area contributed by atoms with Crippen LogP contribution in [-0.4, -0.2) is 59.9 Å². The number of hydrogen-bond acceptors (Lipinski definition) is 5. The van der Waals surface area contributed by atoms with Gasteiger partial charge in [0.2, 0.25) is 5.91 Å². The Labute approximate surface area is 227 Å². The quantitative estimate of drug-likeness (QED) is 0.327. The van der Waals surface area contributed by atoms with Gasteiger partial charge in [-0.1, -0.05) is 56.1 Å². The van der Waals surface area contributed by atoms with Gasteiger partial charge in [0.1, 0.15) is 18.1 Å². The monoisotopic (exact) mass is 546 g/mol. The normalized spacial score (nSPS) is 11.3. The van der Waals surface area contributed by atoms with Crippen molar-refractivity contribution >= 4 is 40.8 Å². The van der Waals surface area contributed by atoms with Crippen LogP contribution in [0.25, 0.3) is 5.69 Å². The van der Waals surface area contributed by atoms with E-state index in [4.69, 9.17) is 37.8 Å². The fourth-order valence-corrected chi connectivity index (χ4v) is 3.80. The molecule has 1 heterocycles. The molecule has 2 amide bonds. The number of anilines is 1. The summed E-state index contributed by atoms with van der Waals surface area (Å²) in [6, 6.07) is 15.8. The lowest BCUT2D eigenvalue weighted by molar-refractivity contribution is -0.136. The van der Waals surface area contributed by atoms with E-state index in [-0.39, 0.29) is 30.4 Å². The maximum absolute atomic E-state index is 13.1. The number of para-hydroxylation sites is 1. The molecule has 0 fully saturated rings. The summed E-state index contributed by atoms with van der Waals surface area (Å²) >= 11 is 12.3. The Morgan fingerprint density at radius 1 is 1.08 bits per heavy atom. The van der Waals surface area contributed by atoms with Gasteiger partial charge in [0, 0.05) is 36.8 Å². The highest BCUT2D eigenvalue weighted by Gasteiger charge is 2.24. The minimum atomic E-state index is -0.370. The van der Waals surface area contributed by atoms with Crippen molar-refractivity contribution in [2.75, 3.05) is 38.7 Å². The van der Waals surface area contributed by atoms with Crippen molar-refractivity contribution in [3.8, 4) is 11.4 Å². The lowest BCUT2D eigenvalue weighted by Crippen LogP contribution is -2.41. The smallest absolute Gasteiger partial charge is 0.260 e. The second-order valence-corrected chi connectivity index (χ2v) is 10.3. The van der Waals surface area contributed by atoms with Crippen molar-refractivity contribution < 1.29 is 19.1 Å². The second kappa shape index (κ2) is 12.9. The Morgan fingerprint density at radius 2 is 1.78 bits per heavy atom. The number of nitrogens with zero attached hydrogens (tertiary/aromatic N) is 3. The number of benzene rings is 2. The molecule has 8 nitrogen and oxygen atoms in total. The minimum absolute atomic E-state index is 0.162. The largest absolute Gasteiger partial charge is 0.484 e. The predicted molar refractivity (Wildman–Crippen MR) is 146 cm³/mol. The molecule has 0 aliphatic carbocycles. The topological polar surface area (TPSA) is 85.7 Å². The van der Waals surface area contributed by atoms with Crippen LogP contribution in [0.3, 0.4) is 0 Å². The average Bonchev–Trinajstić information content (AvgIpc) is 3.27. The number of hydrogen-bond donors (Lipinski definition) is 1. The molecule has 10 heteroatoms. The van der Waals surface area contributed by atoms with E-state index in [2.05, 4.69) is 5.32 Å². The SMILES string of the molecule is COCCCN(CC(=O)Nc1cc(C(C)(C)C)nn1-c1ccccc1Cl)C(=O)COc1ccc(Cl)cc1. The van der Waals surface area contributed by atoms with Crippen LogP contribution in [0.1, 0.15) is 32.9 Å². The van der Waals surface area contributed by atoms with E-state index in [0.717, 1.165) is 5.69 Å². The van der Waals surface area contributed by atoms with Gasteiger partial charge in [-0.3, -0.25) is 9.59 Å². The van der Waals surface area contributed by atoms with Gasteiger partial charge >= 0.3 is 0 Å². The van der Waals surface area contributed by atoms with Crippen LogP contribution in [0.4, 0.5) is 5.82 Å². The number of aromatic nitrogens is 2. The predicted octanol–water partition coefficient (Wildman–Crippen LogP) is 5.36. The zero-order valence-corrected chi connectivity index (χ0v) is 23.0. The van der Waals surface area contributed by atoms with Crippen LogP contribution in [-0.2, 0) is 19.7 Å². The average molecular weight is 547 g/mol. The molecule has 1 aromatic heterocycles. The maximum Gasteiger partial charge on any atom is 0.260 e. The van der Waals surface area contributed by atoms with Crippen molar-refractivity contribution in [1.82, 2.24) is 14.7 Å². The number of carbonyl (C=O) groups excluding carboxylic acids is 2. The van der Waals surface area contributed by atoms with E-state index < -0.39 is 0 Å². The van der Waals surface area contributed by atoms with Crippen molar-refractivity contribution in [2.24, 2.45) is 0 Å². The molecule has 3 aromatic rings. The summed E-state index contributed by atoms with van der Waals surface area (Å²) in [6.45, 7) is 6.52. The van der Waals surface area contributed by atoms with Gasteiger partial charge in [-0.25, -0.2) is 4.68 Å². The number of halogens is 2. The third-order valence-electron chi connectivity index (χ3n) is 5.47. The van der Waals surface area contributed by atoms with Gasteiger partial charge in [-0.15, -0.1) is 0 Å². The highest BCUT2D eigenvalue weighted by atomic mass is 35.5. The first-order valence-corrected chi connectivity index (χ1v) is 12.6. The molecule has 0 radical (unpaired) electrons. The van der Waals surface area contributed by atoms with E-state index >= 15 is 0 Å². The number of ether oxygens (including phenoxy) is 2. The third kappa shape index (κ3) is 8.21. The van der Waals surface area contributed by atoms with Crippen molar-refractivity contribution in [1.29, 1.82) is 0 Å². The third-order valence-corrected chi connectivity index (χ3v) is 6.04. The first-order chi connectivity index (χ1) is 17.6. The van der Waals surface area contributed by atoms with E-state index in [9.17, 15) is 9.59 Å². The van der Waals surface area contributed by atoms with E-state index in [1.54, 1.807) is 42.1 Å². The molecular formula is C27H32Cl2N4O4. The van der Waals surface area contributed by atoms with E-state index in [0.29, 0.717) is 46.9 Å².